The van der Waals surface area contributed by atoms with E-state index in [1.807, 2.05) is 0 Å². The average molecular weight is 281 g/mol. The van der Waals surface area contributed by atoms with E-state index in [9.17, 15) is 4.79 Å². The monoisotopic (exact) mass is 280 g/mol. The first-order valence-electron chi connectivity index (χ1n) is 6.81. The quantitative estimate of drug-likeness (QED) is 0.815. The summed E-state index contributed by atoms with van der Waals surface area (Å²) in [5.41, 5.74) is 6.72. The van der Waals surface area contributed by atoms with Gasteiger partial charge in [0.1, 0.15) is 0 Å². The largest absolute Gasteiger partial charge is 0.398 e. The topological polar surface area (TPSA) is 55.1 Å². The van der Waals surface area contributed by atoms with E-state index >= 15 is 0 Å². The summed E-state index contributed by atoms with van der Waals surface area (Å²) in [5.74, 6) is 1.28. The summed E-state index contributed by atoms with van der Waals surface area (Å²) in [6.07, 6.45) is 3.36. The van der Waals surface area contributed by atoms with Gasteiger partial charge in [-0.25, -0.2) is 0 Å². The number of rotatable bonds is 2. The highest BCUT2D eigenvalue weighted by molar-refractivity contribution is 6.33. The number of nitrogens with one attached hydrogen (secondary N) is 1. The van der Waals surface area contributed by atoms with Crippen LogP contribution in [-0.2, 0) is 0 Å². The highest BCUT2D eigenvalue weighted by atomic mass is 35.5. The molecule has 0 heterocycles. The van der Waals surface area contributed by atoms with Gasteiger partial charge >= 0.3 is 0 Å². The first kappa shape index (κ1) is 14.2. The number of carbonyl (C=O) groups is 1. The van der Waals surface area contributed by atoms with Crippen molar-refractivity contribution in [3.8, 4) is 0 Å². The SMILES string of the molecule is CC1CC(C)CC(NC(=O)c2ccc(N)c(Cl)c2)C1. The molecular formula is C15H21ClN2O. The molecule has 3 nitrogen and oxygen atoms in total. The Morgan fingerprint density at radius 1 is 1.26 bits per heavy atom. The predicted molar refractivity (Wildman–Crippen MR) is 79.3 cm³/mol. The van der Waals surface area contributed by atoms with E-state index in [4.69, 9.17) is 17.3 Å². The van der Waals surface area contributed by atoms with Crippen LogP contribution in [0.1, 0.15) is 43.5 Å². The van der Waals surface area contributed by atoms with E-state index < -0.39 is 0 Å². The number of benzene rings is 1. The maximum absolute atomic E-state index is 12.2. The first-order valence-corrected chi connectivity index (χ1v) is 7.19. The molecule has 0 aromatic heterocycles. The van der Waals surface area contributed by atoms with Gasteiger partial charge in [-0.15, -0.1) is 0 Å². The molecule has 2 rings (SSSR count). The van der Waals surface area contributed by atoms with E-state index in [0.29, 0.717) is 28.1 Å². The number of anilines is 1. The molecule has 1 saturated carbocycles. The standard InChI is InChI=1S/C15H21ClN2O/c1-9-5-10(2)7-12(6-9)18-15(19)11-3-4-14(17)13(16)8-11/h3-4,8-10,12H,5-7,17H2,1-2H3,(H,18,19). The number of hydrogen-bond donors (Lipinski definition) is 2. The van der Waals surface area contributed by atoms with Crippen molar-refractivity contribution in [1.29, 1.82) is 0 Å². The maximum Gasteiger partial charge on any atom is 0.251 e. The lowest BCUT2D eigenvalue weighted by atomic mass is 9.80. The van der Waals surface area contributed by atoms with E-state index in [2.05, 4.69) is 19.2 Å². The number of nitrogen functional groups attached to an aromatic ring is 1. The Balaban J connectivity index is 2.02. The Kier molecular flexibility index (Phi) is 4.35. The summed E-state index contributed by atoms with van der Waals surface area (Å²) in [4.78, 5) is 12.2. The maximum atomic E-state index is 12.2. The third-order valence-electron chi connectivity index (χ3n) is 3.78. The molecule has 0 bridgehead atoms. The van der Waals surface area contributed by atoms with Gasteiger partial charge in [0, 0.05) is 11.6 Å². The number of hydrogen-bond acceptors (Lipinski definition) is 2. The fourth-order valence-corrected chi connectivity index (χ4v) is 3.18. The van der Waals surface area contributed by atoms with Crippen LogP contribution in [0.2, 0.25) is 5.02 Å². The lowest BCUT2D eigenvalue weighted by Crippen LogP contribution is -2.40. The summed E-state index contributed by atoms with van der Waals surface area (Å²) in [6, 6.07) is 5.28. The van der Waals surface area contributed by atoms with Crippen molar-refractivity contribution in [2.75, 3.05) is 5.73 Å². The van der Waals surface area contributed by atoms with Gasteiger partial charge in [0.15, 0.2) is 0 Å². The molecule has 1 amide bonds. The van der Waals surface area contributed by atoms with Crippen molar-refractivity contribution < 1.29 is 4.79 Å². The van der Waals surface area contributed by atoms with Crippen molar-refractivity contribution in [3.05, 3.63) is 28.8 Å². The van der Waals surface area contributed by atoms with E-state index in [0.717, 1.165) is 12.8 Å². The molecular weight excluding hydrogens is 260 g/mol. The summed E-state index contributed by atoms with van der Waals surface area (Å²) < 4.78 is 0. The van der Waals surface area contributed by atoms with Crippen molar-refractivity contribution >= 4 is 23.2 Å². The molecule has 0 saturated heterocycles. The van der Waals surface area contributed by atoms with Crippen LogP contribution in [0.4, 0.5) is 5.69 Å². The lowest BCUT2D eigenvalue weighted by molar-refractivity contribution is 0.0911. The van der Waals surface area contributed by atoms with Crippen LogP contribution in [0, 0.1) is 11.8 Å². The van der Waals surface area contributed by atoms with Crippen LogP contribution in [0.5, 0.6) is 0 Å². The molecule has 19 heavy (non-hydrogen) atoms. The molecule has 4 heteroatoms. The number of amides is 1. The van der Waals surface area contributed by atoms with Gasteiger partial charge < -0.3 is 11.1 Å². The normalized spacial score (nSPS) is 27.0. The molecule has 2 unspecified atom stereocenters. The zero-order chi connectivity index (χ0) is 14.0. The van der Waals surface area contributed by atoms with Crippen molar-refractivity contribution in [2.24, 2.45) is 11.8 Å². The highest BCUT2D eigenvalue weighted by Gasteiger charge is 2.25. The Morgan fingerprint density at radius 2 is 1.89 bits per heavy atom. The van der Waals surface area contributed by atoms with Gasteiger partial charge in [-0.2, -0.15) is 0 Å². The van der Waals surface area contributed by atoms with Crippen LogP contribution in [-0.4, -0.2) is 11.9 Å². The minimum absolute atomic E-state index is 0.0619. The molecule has 1 aromatic rings. The zero-order valence-corrected chi connectivity index (χ0v) is 12.2. The molecule has 1 fully saturated rings. The van der Waals surface area contributed by atoms with Gasteiger partial charge in [0.25, 0.3) is 5.91 Å². The molecule has 104 valence electrons. The third-order valence-corrected chi connectivity index (χ3v) is 4.10. The van der Waals surface area contributed by atoms with Gasteiger partial charge in [-0.1, -0.05) is 25.4 Å². The number of nitrogens with two attached hydrogens (primary N) is 1. The molecule has 0 spiro atoms. The van der Waals surface area contributed by atoms with E-state index in [-0.39, 0.29) is 11.9 Å². The van der Waals surface area contributed by atoms with Gasteiger partial charge in [0.2, 0.25) is 0 Å². The summed E-state index contributed by atoms with van der Waals surface area (Å²) in [7, 11) is 0. The Bertz CT molecular complexity index is 465. The average Bonchev–Trinajstić information content (AvgIpc) is 2.31. The summed E-state index contributed by atoms with van der Waals surface area (Å²) in [5, 5.41) is 3.53. The number of halogens is 1. The third kappa shape index (κ3) is 3.63. The molecule has 2 atom stereocenters. The van der Waals surface area contributed by atoms with Crippen LogP contribution in [0.25, 0.3) is 0 Å². The minimum Gasteiger partial charge on any atom is -0.398 e. The molecule has 3 N–H and O–H groups in total. The minimum atomic E-state index is -0.0619. The second kappa shape index (κ2) is 5.83. The molecule has 0 aliphatic heterocycles. The Labute approximate surface area is 119 Å². The van der Waals surface area contributed by atoms with Crippen LogP contribution < -0.4 is 11.1 Å². The van der Waals surface area contributed by atoms with Crippen LogP contribution in [0.15, 0.2) is 18.2 Å². The molecule has 1 aliphatic rings. The van der Waals surface area contributed by atoms with Crippen LogP contribution >= 0.6 is 11.6 Å². The second-order valence-electron chi connectivity index (χ2n) is 5.82. The fourth-order valence-electron chi connectivity index (χ4n) is 3.00. The fraction of sp³-hybridized carbons (Fsp3) is 0.533. The summed E-state index contributed by atoms with van der Waals surface area (Å²) in [6.45, 7) is 4.49. The second-order valence-corrected chi connectivity index (χ2v) is 6.23. The van der Waals surface area contributed by atoms with E-state index in [1.54, 1.807) is 18.2 Å². The van der Waals surface area contributed by atoms with Gasteiger partial charge in [0.05, 0.1) is 10.7 Å². The first-order chi connectivity index (χ1) is 8.95. The smallest absolute Gasteiger partial charge is 0.251 e. The van der Waals surface area contributed by atoms with Crippen molar-refractivity contribution in [3.63, 3.8) is 0 Å². The molecule has 1 aromatic carbocycles. The van der Waals surface area contributed by atoms with Crippen molar-refractivity contribution in [1.82, 2.24) is 5.32 Å². The lowest BCUT2D eigenvalue weighted by Gasteiger charge is -2.32. The number of carbonyl (C=O) groups excluding carboxylic acids is 1. The molecule has 1 aliphatic carbocycles. The highest BCUT2D eigenvalue weighted by Crippen LogP contribution is 2.28. The summed E-state index contributed by atoms with van der Waals surface area (Å²) >= 11 is 5.94. The van der Waals surface area contributed by atoms with Crippen molar-refractivity contribution in [2.45, 2.75) is 39.2 Å². The Hall–Kier alpha value is -1.22. The van der Waals surface area contributed by atoms with Gasteiger partial charge in [-0.05, 0) is 49.3 Å². The van der Waals surface area contributed by atoms with Gasteiger partial charge in [-0.3, -0.25) is 4.79 Å². The molecule has 0 radical (unpaired) electrons. The van der Waals surface area contributed by atoms with Crippen LogP contribution in [0.3, 0.4) is 0 Å². The predicted octanol–water partition coefficient (Wildman–Crippen LogP) is 3.48. The Morgan fingerprint density at radius 3 is 2.47 bits per heavy atom. The van der Waals surface area contributed by atoms with E-state index in [1.165, 1.54) is 6.42 Å². The zero-order valence-electron chi connectivity index (χ0n) is 11.4.